The van der Waals surface area contributed by atoms with Gasteiger partial charge in [-0.05, 0) is 59.0 Å². The molecule has 1 aliphatic carbocycles. The van der Waals surface area contributed by atoms with Crippen LogP contribution < -0.4 is 10.6 Å². The largest absolute Gasteiger partial charge is 0.355 e. The van der Waals surface area contributed by atoms with E-state index in [0.717, 1.165) is 44.9 Å². The van der Waals surface area contributed by atoms with Crippen molar-refractivity contribution in [2.75, 3.05) is 39.8 Å². The third-order valence-corrected chi connectivity index (χ3v) is 6.92. The monoisotopic (exact) mass is 391 g/mol. The molecule has 1 amide bonds. The van der Waals surface area contributed by atoms with Gasteiger partial charge < -0.3 is 15.5 Å². The molecule has 0 aromatic carbocycles. The Kier molecular flexibility index (Phi) is 7.61. The van der Waals surface area contributed by atoms with Crippen LogP contribution in [0.4, 0.5) is 0 Å². The molecule has 3 fully saturated rings. The number of piperidine rings is 1. The van der Waals surface area contributed by atoms with Gasteiger partial charge in [0.25, 0.3) is 0 Å². The molecule has 6 heteroatoms. The van der Waals surface area contributed by atoms with Gasteiger partial charge in [0.15, 0.2) is 5.96 Å². The molecule has 0 aromatic rings. The summed E-state index contributed by atoms with van der Waals surface area (Å²) in [5.74, 6) is 1.52. The number of hydrogen-bond acceptors (Lipinski definition) is 3. The number of nitrogens with one attached hydrogen (secondary N) is 2. The van der Waals surface area contributed by atoms with E-state index in [0.29, 0.717) is 11.9 Å². The summed E-state index contributed by atoms with van der Waals surface area (Å²) >= 11 is 0. The Balaban J connectivity index is 1.44. The van der Waals surface area contributed by atoms with Crippen molar-refractivity contribution in [3.8, 4) is 0 Å². The van der Waals surface area contributed by atoms with E-state index in [9.17, 15) is 4.79 Å². The fraction of sp³-hybridized carbons (Fsp3) is 0.909. The predicted molar refractivity (Wildman–Crippen MR) is 116 cm³/mol. The Hall–Kier alpha value is -1.30. The fourth-order valence-electron chi connectivity index (χ4n) is 4.99. The quantitative estimate of drug-likeness (QED) is 0.559. The van der Waals surface area contributed by atoms with Gasteiger partial charge in [-0.15, -0.1) is 0 Å². The van der Waals surface area contributed by atoms with Crippen LogP contribution in [0.2, 0.25) is 0 Å². The first-order valence-electron chi connectivity index (χ1n) is 11.5. The normalized spacial score (nSPS) is 25.8. The first-order valence-corrected chi connectivity index (χ1v) is 11.5. The van der Waals surface area contributed by atoms with Crippen LogP contribution in [0.15, 0.2) is 4.99 Å². The van der Waals surface area contributed by atoms with Crippen LogP contribution in [0.1, 0.15) is 71.6 Å². The van der Waals surface area contributed by atoms with Crippen LogP contribution in [0.5, 0.6) is 0 Å². The van der Waals surface area contributed by atoms with Gasteiger partial charge >= 0.3 is 0 Å². The summed E-state index contributed by atoms with van der Waals surface area (Å²) in [6, 6.07) is 0.303. The third-order valence-electron chi connectivity index (χ3n) is 6.92. The van der Waals surface area contributed by atoms with Crippen molar-refractivity contribution in [1.82, 2.24) is 20.4 Å². The van der Waals surface area contributed by atoms with Crippen LogP contribution in [0, 0.1) is 5.92 Å². The highest BCUT2D eigenvalue weighted by Gasteiger charge is 2.32. The van der Waals surface area contributed by atoms with Gasteiger partial charge in [-0.2, -0.15) is 0 Å². The number of carbonyl (C=O) groups is 1. The zero-order chi connectivity index (χ0) is 20.0. The van der Waals surface area contributed by atoms with E-state index in [1.165, 1.54) is 51.6 Å². The summed E-state index contributed by atoms with van der Waals surface area (Å²) in [6.07, 6.45) is 10.9. The van der Waals surface area contributed by atoms with Gasteiger partial charge in [0.2, 0.25) is 5.91 Å². The lowest BCUT2D eigenvalue weighted by atomic mass is 9.88. The average Bonchev–Trinajstić information content (AvgIpc) is 3.20. The molecule has 2 aliphatic heterocycles. The smallest absolute Gasteiger partial charge is 0.225 e. The molecular formula is C22H41N5O. The van der Waals surface area contributed by atoms with Crippen molar-refractivity contribution in [3.05, 3.63) is 0 Å². The lowest BCUT2D eigenvalue weighted by Crippen LogP contribution is -2.55. The van der Waals surface area contributed by atoms with E-state index in [4.69, 9.17) is 0 Å². The van der Waals surface area contributed by atoms with Gasteiger partial charge in [0.05, 0.1) is 0 Å². The molecule has 3 aliphatic rings. The molecule has 6 nitrogen and oxygen atoms in total. The van der Waals surface area contributed by atoms with Gasteiger partial charge in [-0.1, -0.05) is 25.7 Å². The zero-order valence-electron chi connectivity index (χ0n) is 18.3. The summed E-state index contributed by atoms with van der Waals surface area (Å²) < 4.78 is 0. The molecule has 1 atom stereocenters. The fourth-order valence-corrected chi connectivity index (χ4v) is 4.99. The lowest BCUT2D eigenvalue weighted by Gasteiger charge is -2.41. The molecule has 3 rings (SSSR count). The number of guanidine groups is 1. The Morgan fingerprint density at radius 2 is 1.68 bits per heavy atom. The molecule has 160 valence electrons. The first kappa shape index (κ1) is 21.4. The van der Waals surface area contributed by atoms with Crippen molar-refractivity contribution in [2.45, 2.75) is 83.2 Å². The van der Waals surface area contributed by atoms with Gasteiger partial charge in [0, 0.05) is 44.2 Å². The number of likely N-dealkylation sites (tertiary alicyclic amines) is 2. The summed E-state index contributed by atoms with van der Waals surface area (Å²) in [6.45, 7) is 9.60. The predicted octanol–water partition coefficient (Wildman–Crippen LogP) is 2.60. The molecule has 1 unspecified atom stereocenters. The van der Waals surface area contributed by atoms with Crippen molar-refractivity contribution in [2.24, 2.45) is 10.9 Å². The van der Waals surface area contributed by atoms with Crippen molar-refractivity contribution in [3.63, 3.8) is 0 Å². The SMILES string of the molecule is CN=C(NCC(C)(C)N1CCCCC1)NC1CCN(C(=O)C2CCCCC2)C1. The molecular weight excluding hydrogens is 350 g/mol. The van der Waals surface area contributed by atoms with Crippen molar-refractivity contribution >= 4 is 11.9 Å². The molecule has 0 aromatic heterocycles. The molecule has 2 N–H and O–H groups in total. The van der Waals surface area contributed by atoms with E-state index in [-0.39, 0.29) is 11.5 Å². The van der Waals surface area contributed by atoms with Crippen LogP contribution in [0.3, 0.4) is 0 Å². The number of amides is 1. The molecule has 28 heavy (non-hydrogen) atoms. The summed E-state index contributed by atoms with van der Waals surface area (Å²) in [7, 11) is 1.84. The van der Waals surface area contributed by atoms with Crippen LogP contribution in [-0.4, -0.2) is 73.0 Å². The maximum absolute atomic E-state index is 12.8. The molecule has 0 radical (unpaired) electrons. The highest BCUT2D eigenvalue weighted by molar-refractivity contribution is 5.81. The van der Waals surface area contributed by atoms with Gasteiger partial charge in [-0.3, -0.25) is 14.7 Å². The van der Waals surface area contributed by atoms with Crippen LogP contribution in [0.25, 0.3) is 0 Å². The zero-order valence-corrected chi connectivity index (χ0v) is 18.3. The Morgan fingerprint density at radius 3 is 2.36 bits per heavy atom. The molecule has 1 saturated carbocycles. The van der Waals surface area contributed by atoms with E-state index in [2.05, 4.69) is 39.3 Å². The second-order valence-electron chi connectivity index (χ2n) is 9.54. The maximum Gasteiger partial charge on any atom is 0.225 e. The highest BCUT2D eigenvalue weighted by Crippen LogP contribution is 2.27. The van der Waals surface area contributed by atoms with E-state index < -0.39 is 0 Å². The molecule has 2 heterocycles. The lowest BCUT2D eigenvalue weighted by molar-refractivity contribution is -0.135. The summed E-state index contributed by atoms with van der Waals surface area (Å²) in [5, 5.41) is 7.09. The number of carbonyl (C=O) groups excluding carboxylic acids is 1. The first-order chi connectivity index (χ1) is 13.5. The van der Waals surface area contributed by atoms with E-state index in [1.807, 2.05) is 7.05 Å². The average molecular weight is 392 g/mol. The Morgan fingerprint density at radius 1 is 1.00 bits per heavy atom. The number of aliphatic imine (C=N–C) groups is 1. The van der Waals surface area contributed by atoms with Gasteiger partial charge in [-0.25, -0.2) is 0 Å². The minimum absolute atomic E-state index is 0.122. The van der Waals surface area contributed by atoms with Crippen LogP contribution in [-0.2, 0) is 4.79 Å². The van der Waals surface area contributed by atoms with Crippen molar-refractivity contribution in [1.29, 1.82) is 0 Å². The number of rotatable bonds is 5. The van der Waals surface area contributed by atoms with Crippen molar-refractivity contribution < 1.29 is 4.79 Å². The van der Waals surface area contributed by atoms with Crippen LogP contribution >= 0.6 is 0 Å². The Labute approximate surface area is 171 Å². The third kappa shape index (κ3) is 5.62. The molecule has 2 saturated heterocycles. The topological polar surface area (TPSA) is 60.0 Å². The highest BCUT2D eigenvalue weighted by atomic mass is 16.2. The second kappa shape index (κ2) is 9.95. The molecule has 0 spiro atoms. The number of nitrogens with zero attached hydrogens (tertiary/aromatic N) is 3. The summed E-state index contributed by atoms with van der Waals surface area (Å²) in [4.78, 5) is 21.9. The van der Waals surface area contributed by atoms with E-state index >= 15 is 0 Å². The number of hydrogen-bond donors (Lipinski definition) is 2. The Bertz CT molecular complexity index is 535. The van der Waals surface area contributed by atoms with Gasteiger partial charge in [0.1, 0.15) is 0 Å². The standard InChI is InChI=1S/C22H41N5O/c1-22(2,27-13-8-5-9-14-27)17-24-21(23-3)25-19-12-15-26(16-19)20(28)18-10-6-4-7-11-18/h18-19H,4-17H2,1-3H3,(H2,23,24,25). The molecule has 0 bridgehead atoms. The minimum atomic E-state index is 0.122. The second-order valence-corrected chi connectivity index (χ2v) is 9.54. The summed E-state index contributed by atoms with van der Waals surface area (Å²) in [5.41, 5.74) is 0.122. The minimum Gasteiger partial charge on any atom is -0.355 e. The van der Waals surface area contributed by atoms with E-state index in [1.54, 1.807) is 0 Å². The maximum atomic E-state index is 12.8.